The van der Waals surface area contributed by atoms with E-state index in [-0.39, 0.29) is 18.3 Å². The Balaban J connectivity index is 1.77. The van der Waals surface area contributed by atoms with Gasteiger partial charge in [0.2, 0.25) is 0 Å². The van der Waals surface area contributed by atoms with Gasteiger partial charge in [-0.25, -0.2) is 0 Å². The van der Waals surface area contributed by atoms with E-state index in [1.54, 1.807) is 6.07 Å². The molecule has 2 aromatic rings. The van der Waals surface area contributed by atoms with Crippen LogP contribution < -0.4 is 5.32 Å². The fraction of sp³-hybridized carbons (Fsp3) is 0.222. The molecule has 0 aliphatic heterocycles. The summed E-state index contributed by atoms with van der Waals surface area (Å²) < 4.78 is 5.00. The van der Waals surface area contributed by atoms with Gasteiger partial charge < -0.3 is 10.1 Å². The van der Waals surface area contributed by atoms with E-state index in [1.807, 2.05) is 49.4 Å². The molecular weight excluding hydrogens is 346 g/mol. The Hall–Kier alpha value is -1.98. The molecule has 0 saturated heterocycles. The van der Waals surface area contributed by atoms with E-state index in [4.69, 9.17) is 16.3 Å². The summed E-state index contributed by atoms with van der Waals surface area (Å²) in [6, 6.07) is 14.8. The number of benzene rings is 2. The number of para-hydroxylation sites is 1. The number of esters is 1. The molecule has 0 unspecified atom stereocenters. The number of aryl methyl sites for hydroxylation is 1. The highest BCUT2D eigenvalue weighted by Gasteiger charge is 2.10. The second kappa shape index (κ2) is 9.35. The fourth-order valence-electron chi connectivity index (χ4n) is 2.02. The number of ether oxygens (including phenoxy) is 1. The first-order valence-electron chi connectivity index (χ1n) is 7.51. The van der Waals surface area contributed by atoms with E-state index in [0.717, 1.165) is 22.6 Å². The molecule has 4 nitrogen and oxygen atoms in total. The molecule has 0 aliphatic rings. The number of rotatable bonds is 7. The summed E-state index contributed by atoms with van der Waals surface area (Å²) in [5, 5.41) is 3.34. The average Bonchev–Trinajstić information content (AvgIpc) is 2.59. The molecule has 0 saturated carbocycles. The summed E-state index contributed by atoms with van der Waals surface area (Å²) in [6.45, 7) is 1.71. The van der Waals surface area contributed by atoms with Crippen molar-refractivity contribution in [2.45, 2.75) is 18.2 Å². The molecule has 2 aromatic carbocycles. The van der Waals surface area contributed by atoms with Crippen molar-refractivity contribution < 1.29 is 14.3 Å². The number of thioether (sulfide) groups is 1. The molecule has 0 atom stereocenters. The molecule has 0 radical (unpaired) electrons. The van der Waals surface area contributed by atoms with Gasteiger partial charge in [0.25, 0.3) is 5.91 Å². The Kier molecular flexibility index (Phi) is 7.15. The highest BCUT2D eigenvalue weighted by atomic mass is 35.5. The Morgan fingerprint density at radius 2 is 1.83 bits per heavy atom. The standard InChI is InChI=1S/C18H18ClNO3S/c1-2-13-7-3-5-9-15(13)20-17(21)11-23-18(22)12-24-16-10-6-4-8-14(16)19/h3-10H,2,11-12H2,1H3,(H,20,21). The predicted molar refractivity (Wildman–Crippen MR) is 97.6 cm³/mol. The van der Waals surface area contributed by atoms with Crippen molar-refractivity contribution in [3.63, 3.8) is 0 Å². The number of amides is 1. The molecule has 0 bridgehead atoms. The topological polar surface area (TPSA) is 55.4 Å². The van der Waals surface area contributed by atoms with Crippen molar-refractivity contribution in [2.75, 3.05) is 17.7 Å². The Morgan fingerprint density at radius 3 is 2.58 bits per heavy atom. The maximum Gasteiger partial charge on any atom is 0.316 e. The van der Waals surface area contributed by atoms with Crippen LogP contribution in [0.25, 0.3) is 0 Å². The maximum absolute atomic E-state index is 11.9. The minimum absolute atomic E-state index is 0.0998. The second-order valence-electron chi connectivity index (χ2n) is 4.94. The van der Waals surface area contributed by atoms with Crippen molar-refractivity contribution in [1.29, 1.82) is 0 Å². The van der Waals surface area contributed by atoms with E-state index in [0.29, 0.717) is 5.02 Å². The zero-order valence-electron chi connectivity index (χ0n) is 13.3. The second-order valence-corrected chi connectivity index (χ2v) is 6.36. The molecule has 0 heterocycles. The number of hydrogen-bond acceptors (Lipinski definition) is 4. The van der Waals surface area contributed by atoms with Crippen LogP contribution in [0.4, 0.5) is 5.69 Å². The van der Waals surface area contributed by atoms with Crippen LogP contribution in [0.3, 0.4) is 0 Å². The SMILES string of the molecule is CCc1ccccc1NC(=O)COC(=O)CSc1ccccc1Cl. The van der Waals surface area contributed by atoms with E-state index >= 15 is 0 Å². The van der Waals surface area contributed by atoms with Gasteiger partial charge in [0.05, 0.1) is 10.8 Å². The van der Waals surface area contributed by atoms with Crippen molar-refractivity contribution >= 4 is 40.9 Å². The molecule has 24 heavy (non-hydrogen) atoms. The van der Waals surface area contributed by atoms with Gasteiger partial charge in [-0.1, -0.05) is 48.9 Å². The smallest absolute Gasteiger partial charge is 0.316 e. The van der Waals surface area contributed by atoms with Gasteiger partial charge in [-0.3, -0.25) is 9.59 Å². The van der Waals surface area contributed by atoms with Crippen molar-refractivity contribution in [1.82, 2.24) is 0 Å². The lowest BCUT2D eigenvalue weighted by Gasteiger charge is -2.10. The van der Waals surface area contributed by atoms with Crippen molar-refractivity contribution in [2.24, 2.45) is 0 Å². The minimum Gasteiger partial charge on any atom is -0.455 e. The predicted octanol–water partition coefficient (Wildman–Crippen LogP) is 4.18. The lowest BCUT2D eigenvalue weighted by Crippen LogP contribution is -2.22. The van der Waals surface area contributed by atoms with Gasteiger partial charge in [0, 0.05) is 10.6 Å². The monoisotopic (exact) mass is 363 g/mol. The number of nitrogens with one attached hydrogen (secondary N) is 1. The van der Waals surface area contributed by atoms with Crippen LogP contribution in [0, 0.1) is 0 Å². The molecule has 0 aliphatic carbocycles. The van der Waals surface area contributed by atoms with Crippen LogP contribution in [-0.4, -0.2) is 24.2 Å². The first-order chi connectivity index (χ1) is 11.6. The molecule has 0 spiro atoms. The first kappa shape index (κ1) is 18.4. The third-order valence-electron chi connectivity index (χ3n) is 3.22. The minimum atomic E-state index is -0.459. The summed E-state index contributed by atoms with van der Waals surface area (Å²) in [7, 11) is 0. The van der Waals surface area contributed by atoms with Gasteiger partial charge in [0.1, 0.15) is 0 Å². The molecule has 6 heteroatoms. The molecular formula is C18H18ClNO3S. The lowest BCUT2D eigenvalue weighted by atomic mass is 10.1. The Morgan fingerprint density at radius 1 is 1.12 bits per heavy atom. The van der Waals surface area contributed by atoms with Crippen molar-refractivity contribution in [3.8, 4) is 0 Å². The van der Waals surface area contributed by atoms with Crippen molar-refractivity contribution in [3.05, 3.63) is 59.1 Å². The molecule has 1 amide bonds. The summed E-state index contributed by atoms with van der Waals surface area (Å²) in [5.41, 5.74) is 1.78. The quantitative estimate of drug-likeness (QED) is 0.592. The molecule has 1 N–H and O–H groups in total. The number of carbonyl (C=O) groups excluding carboxylic acids is 2. The van der Waals surface area contributed by atoms with Crippen LogP contribution in [0.2, 0.25) is 5.02 Å². The van der Waals surface area contributed by atoms with E-state index < -0.39 is 5.97 Å². The molecule has 126 valence electrons. The van der Waals surface area contributed by atoms with E-state index in [2.05, 4.69) is 5.32 Å². The zero-order valence-corrected chi connectivity index (χ0v) is 14.8. The van der Waals surface area contributed by atoms with Gasteiger partial charge in [-0.2, -0.15) is 0 Å². The average molecular weight is 364 g/mol. The van der Waals surface area contributed by atoms with Crippen LogP contribution in [0.15, 0.2) is 53.4 Å². The number of carbonyl (C=O) groups is 2. The number of halogens is 1. The third-order valence-corrected chi connectivity index (χ3v) is 4.71. The highest BCUT2D eigenvalue weighted by Crippen LogP contribution is 2.26. The van der Waals surface area contributed by atoms with Gasteiger partial charge in [0.15, 0.2) is 6.61 Å². The Bertz CT molecular complexity index is 721. The number of hydrogen-bond donors (Lipinski definition) is 1. The zero-order chi connectivity index (χ0) is 17.4. The highest BCUT2D eigenvalue weighted by molar-refractivity contribution is 8.00. The van der Waals surface area contributed by atoms with E-state index in [9.17, 15) is 9.59 Å². The first-order valence-corrected chi connectivity index (χ1v) is 8.87. The fourth-order valence-corrected chi connectivity index (χ4v) is 3.06. The third kappa shape index (κ3) is 5.58. The lowest BCUT2D eigenvalue weighted by molar-refractivity contribution is -0.144. The molecule has 0 fully saturated rings. The van der Waals surface area contributed by atoms with E-state index in [1.165, 1.54) is 11.8 Å². The summed E-state index contributed by atoms with van der Waals surface area (Å²) in [4.78, 5) is 24.4. The molecule has 2 rings (SSSR count). The van der Waals surface area contributed by atoms with Crippen LogP contribution in [0.1, 0.15) is 12.5 Å². The van der Waals surface area contributed by atoms with Crippen LogP contribution >= 0.6 is 23.4 Å². The summed E-state index contributed by atoms with van der Waals surface area (Å²) >= 11 is 7.30. The summed E-state index contributed by atoms with van der Waals surface area (Å²) in [6.07, 6.45) is 0.810. The normalized spacial score (nSPS) is 10.2. The summed E-state index contributed by atoms with van der Waals surface area (Å²) in [5.74, 6) is -0.714. The van der Waals surface area contributed by atoms with Crippen LogP contribution in [0.5, 0.6) is 0 Å². The number of anilines is 1. The van der Waals surface area contributed by atoms with Gasteiger partial charge in [-0.15, -0.1) is 11.8 Å². The van der Waals surface area contributed by atoms with Crippen LogP contribution in [-0.2, 0) is 20.7 Å². The maximum atomic E-state index is 11.9. The molecule has 0 aromatic heterocycles. The van der Waals surface area contributed by atoms with Gasteiger partial charge >= 0.3 is 5.97 Å². The van der Waals surface area contributed by atoms with Gasteiger partial charge in [-0.05, 0) is 30.2 Å². The largest absolute Gasteiger partial charge is 0.455 e. The Labute approximate surface area is 150 Å².